The van der Waals surface area contributed by atoms with E-state index in [9.17, 15) is 14.4 Å². The fourth-order valence-electron chi connectivity index (χ4n) is 4.95. The van der Waals surface area contributed by atoms with Crippen molar-refractivity contribution in [3.63, 3.8) is 0 Å². The van der Waals surface area contributed by atoms with Gasteiger partial charge in [-0.1, -0.05) is 72.8 Å². The maximum Gasteiger partial charge on any atom is 0.325 e. The molecule has 1 aliphatic carbocycles. The van der Waals surface area contributed by atoms with E-state index in [-0.39, 0.29) is 12.3 Å². The van der Waals surface area contributed by atoms with Crippen LogP contribution in [0.3, 0.4) is 0 Å². The molecule has 1 heterocycles. The summed E-state index contributed by atoms with van der Waals surface area (Å²) in [6.45, 7) is -0.271. The van der Waals surface area contributed by atoms with Crippen molar-refractivity contribution < 1.29 is 14.4 Å². The number of hydrogen-bond donors (Lipinski definition) is 1. The quantitative estimate of drug-likeness (QED) is 0.457. The monoisotopic (exact) mass is 438 g/mol. The third-order valence-corrected chi connectivity index (χ3v) is 6.73. The van der Waals surface area contributed by atoms with Crippen LogP contribution in [0.1, 0.15) is 45.5 Å². The maximum atomic E-state index is 13.7. The molecule has 1 N–H and O–H groups in total. The largest absolute Gasteiger partial charge is 0.325 e. The highest BCUT2D eigenvalue weighted by Gasteiger charge is 2.52. The van der Waals surface area contributed by atoms with Crippen LogP contribution < -0.4 is 5.32 Å². The molecule has 1 aliphatic heterocycles. The van der Waals surface area contributed by atoms with E-state index in [1.807, 2.05) is 78.9 Å². The van der Waals surface area contributed by atoms with Gasteiger partial charge in [-0.25, -0.2) is 4.79 Å². The number of nitrogens with one attached hydrogen (secondary N) is 1. The lowest BCUT2D eigenvalue weighted by atomic mass is 9.83. The minimum atomic E-state index is -1.24. The molecule has 3 aromatic carbocycles. The second-order valence-electron chi connectivity index (χ2n) is 8.87. The molecule has 5 nitrogen and oxygen atoms in total. The molecule has 166 valence electrons. The summed E-state index contributed by atoms with van der Waals surface area (Å²) in [5, 5.41) is 2.92. The van der Waals surface area contributed by atoms with Gasteiger partial charge in [-0.05, 0) is 54.0 Å². The zero-order valence-electron chi connectivity index (χ0n) is 18.4. The fraction of sp³-hybridized carbons (Fsp3) is 0.250. The zero-order valence-corrected chi connectivity index (χ0v) is 18.4. The van der Waals surface area contributed by atoms with E-state index in [1.165, 1.54) is 17.5 Å². The van der Waals surface area contributed by atoms with Gasteiger partial charge in [-0.15, -0.1) is 0 Å². The summed E-state index contributed by atoms with van der Waals surface area (Å²) in [5.41, 5.74) is 3.44. The zero-order chi connectivity index (χ0) is 22.8. The highest BCUT2D eigenvalue weighted by atomic mass is 16.2. The van der Waals surface area contributed by atoms with Crippen LogP contribution in [0, 0.1) is 0 Å². The number of rotatable bonds is 6. The Hall–Kier alpha value is -3.73. The highest BCUT2D eigenvalue weighted by Crippen LogP contribution is 2.33. The summed E-state index contributed by atoms with van der Waals surface area (Å²) in [5.74, 6) is -0.621. The highest BCUT2D eigenvalue weighted by molar-refractivity contribution is 6.11. The summed E-state index contributed by atoms with van der Waals surface area (Å²) >= 11 is 0. The number of Topliss-reactive ketones (excluding diaryl/α,β-unsaturated/α-hetero) is 1. The standard InChI is InChI=1S/C28H26N2O3/c31-25(23-16-15-21-11-7-8-12-22(21)17-23)19-30-26(32)28(29-27(30)33,24-13-5-2-6-14-24)18-20-9-3-1-4-10-20/h1-6,9-10,13-17H,7-8,11-12,18-19H2,(H,29,33)/t28-/m1/s1. The molecule has 0 radical (unpaired) electrons. The van der Waals surface area contributed by atoms with E-state index >= 15 is 0 Å². The van der Waals surface area contributed by atoms with Crippen LogP contribution in [-0.2, 0) is 29.6 Å². The lowest BCUT2D eigenvalue weighted by molar-refractivity contribution is -0.131. The number of carbonyl (C=O) groups excluding carboxylic acids is 3. The van der Waals surface area contributed by atoms with Crippen LogP contribution in [0.15, 0.2) is 78.9 Å². The molecular formula is C28H26N2O3. The van der Waals surface area contributed by atoms with Crippen LogP contribution in [0.4, 0.5) is 4.79 Å². The van der Waals surface area contributed by atoms with Crippen LogP contribution in [0.25, 0.3) is 0 Å². The van der Waals surface area contributed by atoms with E-state index < -0.39 is 17.5 Å². The van der Waals surface area contributed by atoms with Crippen molar-refractivity contribution in [1.82, 2.24) is 10.2 Å². The molecule has 1 saturated heterocycles. The average molecular weight is 439 g/mol. The second kappa shape index (κ2) is 8.66. The predicted molar refractivity (Wildman–Crippen MR) is 126 cm³/mol. The number of hydrogen-bond acceptors (Lipinski definition) is 3. The Kier molecular flexibility index (Phi) is 5.55. The Bertz CT molecular complexity index is 1210. The minimum Gasteiger partial charge on any atom is -0.319 e. The van der Waals surface area contributed by atoms with Crippen LogP contribution in [-0.4, -0.2) is 29.2 Å². The minimum absolute atomic E-state index is 0.226. The molecule has 0 spiro atoms. The Labute approximate surface area is 193 Å². The Balaban J connectivity index is 1.44. The molecule has 0 bridgehead atoms. The van der Waals surface area contributed by atoms with Gasteiger partial charge in [-0.3, -0.25) is 14.5 Å². The van der Waals surface area contributed by atoms with Gasteiger partial charge in [0.05, 0.1) is 6.54 Å². The third kappa shape index (κ3) is 3.95. The maximum absolute atomic E-state index is 13.7. The number of fused-ring (bicyclic) bond motifs is 1. The van der Waals surface area contributed by atoms with E-state index in [0.717, 1.165) is 29.7 Å². The molecule has 1 fully saturated rings. The molecule has 2 aliphatic rings. The van der Waals surface area contributed by atoms with Crippen molar-refractivity contribution >= 4 is 17.7 Å². The Morgan fingerprint density at radius 3 is 2.24 bits per heavy atom. The van der Waals surface area contributed by atoms with Gasteiger partial charge in [-0.2, -0.15) is 0 Å². The summed E-state index contributed by atoms with van der Waals surface area (Å²) in [7, 11) is 0. The SMILES string of the molecule is O=C(CN1C(=O)N[C@](Cc2ccccc2)(c2ccccc2)C1=O)c1ccc2c(c1)CCCC2. The number of amides is 3. The smallest absolute Gasteiger partial charge is 0.319 e. The summed E-state index contributed by atoms with van der Waals surface area (Å²) in [6, 6.07) is 24.1. The van der Waals surface area contributed by atoms with Crippen LogP contribution >= 0.6 is 0 Å². The van der Waals surface area contributed by atoms with Crippen LogP contribution in [0.5, 0.6) is 0 Å². The van der Waals surface area contributed by atoms with E-state index in [1.54, 1.807) is 0 Å². The normalized spacial score (nSPS) is 19.8. The first-order chi connectivity index (χ1) is 16.1. The van der Waals surface area contributed by atoms with E-state index in [2.05, 4.69) is 5.32 Å². The molecule has 0 saturated carbocycles. The average Bonchev–Trinajstić information content (AvgIpc) is 3.09. The van der Waals surface area contributed by atoms with Crippen molar-refractivity contribution in [3.05, 3.63) is 107 Å². The second-order valence-corrected chi connectivity index (χ2v) is 8.87. The number of carbonyl (C=O) groups is 3. The topological polar surface area (TPSA) is 66.5 Å². The van der Waals surface area contributed by atoms with Crippen molar-refractivity contribution in [2.45, 2.75) is 37.6 Å². The summed E-state index contributed by atoms with van der Waals surface area (Å²) in [6.07, 6.45) is 4.61. The van der Waals surface area contributed by atoms with Gasteiger partial charge in [0, 0.05) is 12.0 Å². The molecule has 5 heteroatoms. The first kappa shape index (κ1) is 21.1. The van der Waals surface area contributed by atoms with Gasteiger partial charge in [0.15, 0.2) is 11.3 Å². The van der Waals surface area contributed by atoms with Crippen molar-refractivity contribution in [3.8, 4) is 0 Å². The van der Waals surface area contributed by atoms with Gasteiger partial charge in [0.25, 0.3) is 5.91 Å². The number of imide groups is 1. The molecular weight excluding hydrogens is 412 g/mol. The molecule has 33 heavy (non-hydrogen) atoms. The first-order valence-electron chi connectivity index (χ1n) is 11.5. The Morgan fingerprint density at radius 1 is 0.848 bits per heavy atom. The third-order valence-electron chi connectivity index (χ3n) is 6.73. The van der Waals surface area contributed by atoms with Gasteiger partial charge in [0.2, 0.25) is 0 Å². The van der Waals surface area contributed by atoms with E-state index in [0.29, 0.717) is 17.5 Å². The van der Waals surface area contributed by atoms with Gasteiger partial charge < -0.3 is 5.32 Å². The number of benzene rings is 3. The van der Waals surface area contributed by atoms with Crippen LogP contribution in [0.2, 0.25) is 0 Å². The molecule has 0 unspecified atom stereocenters. The first-order valence-corrected chi connectivity index (χ1v) is 11.5. The van der Waals surface area contributed by atoms with E-state index in [4.69, 9.17) is 0 Å². The van der Waals surface area contributed by atoms with Gasteiger partial charge in [0.1, 0.15) is 0 Å². The fourth-order valence-corrected chi connectivity index (χ4v) is 4.95. The molecule has 5 rings (SSSR count). The molecule has 0 aromatic heterocycles. The molecule has 3 aromatic rings. The summed E-state index contributed by atoms with van der Waals surface area (Å²) < 4.78 is 0. The molecule has 3 amide bonds. The Morgan fingerprint density at radius 2 is 1.52 bits per heavy atom. The predicted octanol–water partition coefficient (Wildman–Crippen LogP) is 4.44. The number of aryl methyl sites for hydroxylation is 2. The molecule has 1 atom stereocenters. The lowest BCUT2D eigenvalue weighted by Crippen LogP contribution is -2.46. The number of nitrogens with zero attached hydrogens (tertiary/aromatic N) is 1. The van der Waals surface area contributed by atoms with Gasteiger partial charge >= 0.3 is 6.03 Å². The number of urea groups is 1. The lowest BCUT2D eigenvalue weighted by Gasteiger charge is -2.27. The summed E-state index contributed by atoms with van der Waals surface area (Å²) in [4.78, 5) is 40.9. The van der Waals surface area contributed by atoms with Crippen molar-refractivity contribution in [1.29, 1.82) is 0 Å². The number of ketones is 1. The van der Waals surface area contributed by atoms with Crippen molar-refractivity contribution in [2.75, 3.05) is 6.54 Å². The van der Waals surface area contributed by atoms with Crippen molar-refractivity contribution in [2.24, 2.45) is 0 Å².